The number of likely N-dealkylation sites (N-methyl/N-ethyl adjacent to an activating group) is 1. The summed E-state index contributed by atoms with van der Waals surface area (Å²) >= 11 is 0. The van der Waals surface area contributed by atoms with Gasteiger partial charge in [-0.3, -0.25) is 9.80 Å². The minimum absolute atomic E-state index is 0.177. The summed E-state index contributed by atoms with van der Waals surface area (Å²) in [7, 11) is 1.47. The molecule has 0 aliphatic carbocycles. The van der Waals surface area contributed by atoms with E-state index in [2.05, 4.69) is 34.1 Å². The van der Waals surface area contributed by atoms with Crippen LogP contribution in [-0.2, 0) is 9.84 Å². The lowest BCUT2D eigenvalue weighted by Crippen LogP contribution is -2.49. The van der Waals surface area contributed by atoms with Crippen LogP contribution in [0, 0.1) is 0 Å². The van der Waals surface area contributed by atoms with Crippen LogP contribution >= 0.6 is 0 Å². The Balaban J connectivity index is 1.55. The van der Waals surface area contributed by atoms with Crippen LogP contribution in [0.15, 0.2) is 0 Å². The van der Waals surface area contributed by atoms with Crippen LogP contribution in [0.1, 0.15) is 6.42 Å². The molecular weight excluding hydrogens is 288 g/mol. The van der Waals surface area contributed by atoms with Crippen molar-refractivity contribution in [2.45, 2.75) is 12.5 Å². The lowest BCUT2D eigenvalue weighted by molar-refractivity contribution is 0.125. The zero-order valence-electron chi connectivity index (χ0n) is 13.4. The van der Waals surface area contributed by atoms with Crippen molar-refractivity contribution in [2.75, 3.05) is 78.0 Å². The summed E-state index contributed by atoms with van der Waals surface area (Å²) in [5, 5.41) is 3.39. The number of hydrogen-bond acceptors (Lipinski definition) is 6. The largest absolute Gasteiger partial charge is 0.312 e. The average molecular weight is 318 g/mol. The summed E-state index contributed by atoms with van der Waals surface area (Å²) in [5.74, 6) is 0.681. The molecule has 1 N–H and O–H groups in total. The number of nitrogens with zero attached hydrogens (tertiary/aromatic N) is 3. The fraction of sp³-hybridized carbons (Fsp3) is 1.00. The Bertz CT molecular complexity index is 405. The standard InChI is InChI=1S/C14H30N4O2S/c1-16(2)6-7-18-10-8-17(9-11-18)5-4-15-14-3-12-21(19,20)13-14/h14-15H,3-13H2,1-2H3. The van der Waals surface area contributed by atoms with Crippen molar-refractivity contribution >= 4 is 9.84 Å². The zero-order chi connectivity index (χ0) is 15.3. The molecule has 0 aromatic rings. The van der Waals surface area contributed by atoms with Gasteiger partial charge in [0.05, 0.1) is 11.5 Å². The molecule has 1 atom stereocenters. The lowest BCUT2D eigenvalue weighted by Gasteiger charge is -2.35. The molecule has 2 heterocycles. The fourth-order valence-electron chi connectivity index (χ4n) is 2.96. The van der Waals surface area contributed by atoms with Crippen molar-refractivity contribution in [3.05, 3.63) is 0 Å². The Morgan fingerprint density at radius 3 is 2.24 bits per heavy atom. The van der Waals surface area contributed by atoms with Gasteiger partial charge in [0.1, 0.15) is 0 Å². The van der Waals surface area contributed by atoms with Crippen LogP contribution < -0.4 is 5.32 Å². The smallest absolute Gasteiger partial charge is 0.151 e. The number of hydrogen-bond donors (Lipinski definition) is 1. The van der Waals surface area contributed by atoms with E-state index in [0.717, 1.165) is 58.8 Å². The van der Waals surface area contributed by atoms with Crippen molar-refractivity contribution in [1.82, 2.24) is 20.0 Å². The molecule has 2 fully saturated rings. The van der Waals surface area contributed by atoms with Gasteiger partial charge in [-0.25, -0.2) is 8.42 Å². The third-order valence-electron chi connectivity index (χ3n) is 4.42. The highest BCUT2D eigenvalue weighted by Gasteiger charge is 2.27. The first kappa shape index (κ1) is 17.1. The highest BCUT2D eigenvalue weighted by Crippen LogP contribution is 2.11. The van der Waals surface area contributed by atoms with Gasteiger partial charge in [-0.05, 0) is 20.5 Å². The maximum absolute atomic E-state index is 11.4. The molecule has 6 nitrogen and oxygen atoms in total. The summed E-state index contributed by atoms with van der Waals surface area (Å²) in [6.45, 7) is 8.74. The van der Waals surface area contributed by atoms with Gasteiger partial charge in [0, 0.05) is 58.4 Å². The second-order valence-electron chi connectivity index (χ2n) is 6.54. The Hall–Kier alpha value is -0.210. The molecule has 2 saturated heterocycles. The summed E-state index contributed by atoms with van der Waals surface area (Å²) in [6, 6.07) is 0.177. The first-order chi connectivity index (χ1) is 9.94. The fourth-order valence-corrected chi connectivity index (χ4v) is 4.67. The molecule has 0 radical (unpaired) electrons. The van der Waals surface area contributed by atoms with Crippen LogP contribution in [0.2, 0.25) is 0 Å². The van der Waals surface area contributed by atoms with E-state index in [1.165, 1.54) is 0 Å². The van der Waals surface area contributed by atoms with Crippen LogP contribution in [0.3, 0.4) is 0 Å². The Labute approximate surface area is 129 Å². The Morgan fingerprint density at radius 2 is 1.71 bits per heavy atom. The topological polar surface area (TPSA) is 55.9 Å². The third kappa shape index (κ3) is 6.20. The van der Waals surface area contributed by atoms with E-state index in [1.54, 1.807) is 0 Å². The molecule has 2 rings (SSSR count). The maximum atomic E-state index is 11.4. The molecule has 0 amide bonds. The molecule has 0 aromatic carbocycles. The van der Waals surface area contributed by atoms with Gasteiger partial charge in [-0.1, -0.05) is 0 Å². The van der Waals surface area contributed by atoms with E-state index in [9.17, 15) is 8.42 Å². The zero-order valence-corrected chi connectivity index (χ0v) is 14.2. The van der Waals surface area contributed by atoms with E-state index >= 15 is 0 Å². The first-order valence-corrected chi connectivity index (χ1v) is 9.80. The highest BCUT2D eigenvalue weighted by atomic mass is 32.2. The van der Waals surface area contributed by atoms with Crippen LogP contribution in [0.25, 0.3) is 0 Å². The van der Waals surface area contributed by atoms with E-state index in [-0.39, 0.29) is 6.04 Å². The predicted molar refractivity (Wildman–Crippen MR) is 86.5 cm³/mol. The van der Waals surface area contributed by atoms with Gasteiger partial charge in [0.25, 0.3) is 0 Å². The SMILES string of the molecule is CN(C)CCN1CCN(CCNC2CCS(=O)(=O)C2)CC1. The van der Waals surface area contributed by atoms with Gasteiger partial charge in [0.15, 0.2) is 9.84 Å². The van der Waals surface area contributed by atoms with Gasteiger partial charge in [-0.15, -0.1) is 0 Å². The molecule has 2 aliphatic rings. The molecule has 2 aliphatic heterocycles. The van der Waals surface area contributed by atoms with Gasteiger partial charge < -0.3 is 10.2 Å². The van der Waals surface area contributed by atoms with Gasteiger partial charge in [-0.2, -0.15) is 0 Å². The second-order valence-corrected chi connectivity index (χ2v) is 8.77. The molecule has 7 heteroatoms. The molecule has 0 bridgehead atoms. The summed E-state index contributed by atoms with van der Waals surface area (Å²) < 4.78 is 22.8. The summed E-state index contributed by atoms with van der Waals surface area (Å²) in [4.78, 5) is 7.22. The van der Waals surface area contributed by atoms with Crippen molar-refractivity contribution in [1.29, 1.82) is 0 Å². The molecule has 124 valence electrons. The van der Waals surface area contributed by atoms with Crippen LogP contribution in [0.5, 0.6) is 0 Å². The van der Waals surface area contributed by atoms with E-state index in [1.807, 2.05) is 0 Å². The molecule has 21 heavy (non-hydrogen) atoms. The van der Waals surface area contributed by atoms with Crippen molar-refractivity contribution < 1.29 is 8.42 Å². The number of piperazine rings is 1. The third-order valence-corrected chi connectivity index (χ3v) is 6.19. The van der Waals surface area contributed by atoms with Crippen molar-refractivity contribution in [3.63, 3.8) is 0 Å². The minimum Gasteiger partial charge on any atom is -0.312 e. The Kier molecular flexibility index (Phi) is 6.43. The molecular formula is C14H30N4O2S. The number of nitrogens with one attached hydrogen (secondary N) is 1. The predicted octanol–water partition coefficient (Wildman–Crippen LogP) is -1.06. The molecule has 0 aromatic heterocycles. The number of rotatable bonds is 7. The van der Waals surface area contributed by atoms with E-state index in [0.29, 0.717) is 11.5 Å². The van der Waals surface area contributed by atoms with Gasteiger partial charge >= 0.3 is 0 Å². The molecule has 0 spiro atoms. The van der Waals surface area contributed by atoms with Crippen molar-refractivity contribution in [2.24, 2.45) is 0 Å². The normalized spacial score (nSPS) is 27.5. The monoisotopic (exact) mass is 318 g/mol. The van der Waals surface area contributed by atoms with E-state index < -0.39 is 9.84 Å². The highest BCUT2D eigenvalue weighted by molar-refractivity contribution is 7.91. The molecule has 0 saturated carbocycles. The van der Waals surface area contributed by atoms with Crippen LogP contribution in [0.4, 0.5) is 0 Å². The second kappa shape index (κ2) is 7.87. The van der Waals surface area contributed by atoms with Gasteiger partial charge in [0.2, 0.25) is 0 Å². The number of sulfone groups is 1. The van der Waals surface area contributed by atoms with E-state index in [4.69, 9.17) is 0 Å². The molecule has 1 unspecified atom stereocenters. The lowest BCUT2D eigenvalue weighted by atomic mass is 10.2. The van der Waals surface area contributed by atoms with Crippen molar-refractivity contribution in [3.8, 4) is 0 Å². The minimum atomic E-state index is -2.76. The van der Waals surface area contributed by atoms with Crippen LogP contribution in [-0.4, -0.2) is 107 Å². The Morgan fingerprint density at radius 1 is 1.10 bits per heavy atom. The average Bonchev–Trinajstić information content (AvgIpc) is 2.77. The summed E-state index contributed by atoms with van der Waals surface area (Å²) in [6.07, 6.45) is 0.778. The summed E-state index contributed by atoms with van der Waals surface area (Å²) in [5.41, 5.74) is 0. The first-order valence-electron chi connectivity index (χ1n) is 7.98. The maximum Gasteiger partial charge on any atom is 0.151 e. The quantitative estimate of drug-likeness (QED) is 0.646.